The Balaban J connectivity index is 2.88. The van der Waals surface area contributed by atoms with Crippen LogP contribution in [-0.4, -0.2) is 29.4 Å². The maximum absolute atomic E-state index is 12.5. The summed E-state index contributed by atoms with van der Waals surface area (Å²) in [6.07, 6.45) is 4.23. The second-order valence-corrected chi connectivity index (χ2v) is 4.99. The summed E-state index contributed by atoms with van der Waals surface area (Å²) in [5.74, 6) is 0.0943. The van der Waals surface area contributed by atoms with Crippen LogP contribution in [0.5, 0.6) is 0 Å². The molecule has 0 spiro atoms. The zero-order valence-corrected chi connectivity index (χ0v) is 11.7. The minimum atomic E-state index is -0.476. The van der Waals surface area contributed by atoms with Gasteiger partial charge in [-0.25, -0.2) is 0 Å². The van der Waals surface area contributed by atoms with E-state index in [1.165, 1.54) is 0 Å². The van der Waals surface area contributed by atoms with Crippen LogP contribution in [0.3, 0.4) is 0 Å². The zero-order chi connectivity index (χ0) is 13.8. The van der Waals surface area contributed by atoms with E-state index in [0.717, 1.165) is 12.0 Å². The van der Waals surface area contributed by atoms with Crippen molar-refractivity contribution in [3.8, 4) is 0 Å². The molecule has 0 bridgehead atoms. The Kier molecular flexibility index (Phi) is 4.84. The first-order valence-corrected chi connectivity index (χ1v) is 6.33. The number of rotatable bonds is 5. The molecule has 0 radical (unpaired) electrons. The van der Waals surface area contributed by atoms with Gasteiger partial charge in [-0.3, -0.25) is 9.78 Å². The van der Waals surface area contributed by atoms with Gasteiger partial charge in [0, 0.05) is 26.0 Å². The smallest absolute Gasteiger partial charge is 0.230 e. The van der Waals surface area contributed by atoms with Crippen LogP contribution in [0.15, 0.2) is 24.5 Å². The van der Waals surface area contributed by atoms with Crippen LogP contribution in [0.25, 0.3) is 0 Å². The second kappa shape index (κ2) is 5.96. The number of pyridine rings is 1. The molecule has 2 N–H and O–H groups in total. The summed E-state index contributed by atoms with van der Waals surface area (Å²) in [6.45, 7) is 6.30. The lowest BCUT2D eigenvalue weighted by molar-refractivity contribution is -0.141. The Hall–Kier alpha value is -1.42. The molecule has 0 saturated carbocycles. The molecule has 1 aromatic rings. The fourth-order valence-electron chi connectivity index (χ4n) is 1.85. The summed E-state index contributed by atoms with van der Waals surface area (Å²) in [5.41, 5.74) is 6.34. The predicted molar refractivity (Wildman–Crippen MR) is 72.9 cm³/mol. The number of amides is 1. The highest BCUT2D eigenvalue weighted by atomic mass is 16.2. The lowest BCUT2D eigenvalue weighted by Crippen LogP contribution is -2.45. The third-order valence-electron chi connectivity index (χ3n) is 3.84. The summed E-state index contributed by atoms with van der Waals surface area (Å²) in [4.78, 5) is 18.2. The fourth-order valence-corrected chi connectivity index (χ4v) is 1.85. The molecular weight excluding hydrogens is 226 g/mol. The van der Waals surface area contributed by atoms with Gasteiger partial charge in [0.25, 0.3) is 0 Å². The number of carbonyl (C=O) groups excluding carboxylic acids is 1. The van der Waals surface area contributed by atoms with Crippen molar-refractivity contribution in [1.82, 2.24) is 9.88 Å². The van der Waals surface area contributed by atoms with E-state index in [1.54, 1.807) is 17.3 Å². The Morgan fingerprint density at radius 1 is 1.50 bits per heavy atom. The van der Waals surface area contributed by atoms with E-state index in [9.17, 15) is 4.79 Å². The summed E-state index contributed by atoms with van der Waals surface area (Å²) in [7, 11) is 1.83. The van der Waals surface area contributed by atoms with Crippen molar-refractivity contribution < 1.29 is 4.79 Å². The SMILES string of the molecule is CCC(C)(CN)C(=O)N(C)C(C)c1ccncc1. The van der Waals surface area contributed by atoms with Gasteiger partial charge in [-0.1, -0.05) is 6.92 Å². The molecule has 0 saturated heterocycles. The first-order chi connectivity index (χ1) is 8.46. The van der Waals surface area contributed by atoms with Gasteiger partial charge >= 0.3 is 0 Å². The Labute approximate surface area is 109 Å². The van der Waals surface area contributed by atoms with Crippen molar-refractivity contribution in [2.45, 2.75) is 33.2 Å². The molecule has 1 aromatic heterocycles. The van der Waals surface area contributed by atoms with Crippen LogP contribution in [0.1, 0.15) is 38.8 Å². The van der Waals surface area contributed by atoms with Gasteiger partial charge in [-0.05, 0) is 38.0 Å². The van der Waals surface area contributed by atoms with E-state index >= 15 is 0 Å². The number of aromatic nitrogens is 1. The highest BCUT2D eigenvalue weighted by Gasteiger charge is 2.34. The molecule has 1 heterocycles. The Morgan fingerprint density at radius 2 is 2.06 bits per heavy atom. The van der Waals surface area contributed by atoms with Gasteiger partial charge in [-0.2, -0.15) is 0 Å². The van der Waals surface area contributed by atoms with Crippen molar-refractivity contribution in [3.05, 3.63) is 30.1 Å². The van der Waals surface area contributed by atoms with E-state index in [1.807, 2.05) is 40.0 Å². The zero-order valence-electron chi connectivity index (χ0n) is 11.7. The topological polar surface area (TPSA) is 59.2 Å². The van der Waals surface area contributed by atoms with Crippen LogP contribution in [0.2, 0.25) is 0 Å². The quantitative estimate of drug-likeness (QED) is 0.868. The fraction of sp³-hybridized carbons (Fsp3) is 0.571. The van der Waals surface area contributed by atoms with Gasteiger partial charge in [0.2, 0.25) is 5.91 Å². The summed E-state index contributed by atoms with van der Waals surface area (Å²) >= 11 is 0. The van der Waals surface area contributed by atoms with Crippen LogP contribution in [0.4, 0.5) is 0 Å². The summed E-state index contributed by atoms with van der Waals surface area (Å²) < 4.78 is 0. The van der Waals surface area contributed by atoms with Crippen LogP contribution in [-0.2, 0) is 4.79 Å². The lowest BCUT2D eigenvalue weighted by Gasteiger charge is -2.34. The highest BCUT2D eigenvalue weighted by molar-refractivity contribution is 5.82. The molecule has 4 nitrogen and oxygen atoms in total. The van der Waals surface area contributed by atoms with Gasteiger partial charge in [-0.15, -0.1) is 0 Å². The molecular formula is C14H23N3O. The molecule has 1 rings (SSSR count). The van der Waals surface area contributed by atoms with Crippen LogP contribution in [0, 0.1) is 5.41 Å². The minimum Gasteiger partial charge on any atom is -0.338 e. The first kappa shape index (κ1) is 14.6. The largest absolute Gasteiger partial charge is 0.338 e. The molecule has 0 fully saturated rings. The van der Waals surface area contributed by atoms with E-state index in [4.69, 9.17) is 5.73 Å². The summed E-state index contributed by atoms with van der Waals surface area (Å²) in [6, 6.07) is 3.89. The molecule has 0 aliphatic rings. The van der Waals surface area contributed by atoms with Gasteiger partial charge in [0.15, 0.2) is 0 Å². The van der Waals surface area contributed by atoms with Crippen LogP contribution < -0.4 is 5.73 Å². The van der Waals surface area contributed by atoms with Gasteiger partial charge in [0.1, 0.15) is 0 Å². The highest BCUT2D eigenvalue weighted by Crippen LogP contribution is 2.27. The van der Waals surface area contributed by atoms with E-state index in [2.05, 4.69) is 4.98 Å². The van der Waals surface area contributed by atoms with Crippen molar-refractivity contribution in [2.24, 2.45) is 11.1 Å². The molecule has 2 atom stereocenters. The van der Waals surface area contributed by atoms with E-state index in [0.29, 0.717) is 6.54 Å². The molecule has 0 aliphatic heterocycles. The lowest BCUT2D eigenvalue weighted by atomic mass is 9.85. The van der Waals surface area contributed by atoms with E-state index < -0.39 is 5.41 Å². The van der Waals surface area contributed by atoms with Crippen molar-refractivity contribution in [2.75, 3.05) is 13.6 Å². The standard InChI is InChI=1S/C14H23N3O/c1-5-14(3,10-15)13(18)17(4)11(2)12-6-8-16-9-7-12/h6-9,11H,5,10,15H2,1-4H3. The number of nitrogens with two attached hydrogens (primary N) is 1. The Bertz CT molecular complexity index is 387. The third-order valence-corrected chi connectivity index (χ3v) is 3.84. The number of hydrogen-bond acceptors (Lipinski definition) is 3. The second-order valence-electron chi connectivity index (χ2n) is 4.99. The van der Waals surface area contributed by atoms with Crippen molar-refractivity contribution in [1.29, 1.82) is 0 Å². The number of nitrogens with zero attached hydrogens (tertiary/aromatic N) is 2. The molecule has 0 aliphatic carbocycles. The van der Waals surface area contributed by atoms with Gasteiger partial charge in [0.05, 0.1) is 11.5 Å². The third kappa shape index (κ3) is 2.88. The Morgan fingerprint density at radius 3 is 2.50 bits per heavy atom. The number of hydrogen-bond donors (Lipinski definition) is 1. The van der Waals surface area contributed by atoms with Crippen molar-refractivity contribution in [3.63, 3.8) is 0 Å². The predicted octanol–water partition coefficient (Wildman–Crippen LogP) is 1.98. The minimum absolute atomic E-state index is 0.0259. The molecule has 0 aromatic carbocycles. The molecule has 18 heavy (non-hydrogen) atoms. The average molecular weight is 249 g/mol. The normalized spacial score (nSPS) is 15.8. The van der Waals surface area contributed by atoms with Crippen molar-refractivity contribution >= 4 is 5.91 Å². The maximum Gasteiger partial charge on any atom is 0.230 e. The van der Waals surface area contributed by atoms with Gasteiger partial charge < -0.3 is 10.6 Å². The molecule has 2 unspecified atom stereocenters. The van der Waals surface area contributed by atoms with Crippen LogP contribution >= 0.6 is 0 Å². The van der Waals surface area contributed by atoms with E-state index in [-0.39, 0.29) is 11.9 Å². The molecule has 1 amide bonds. The molecule has 4 heteroatoms. The maximum atomic E-state index is 12.5. The number of carbonyl (C=O) groups is 1. The monoisotopic (exact) mass is 249 g/mol. The summed E-state index contributed by atoms with van der Waals surface area (Å²) in [5, 5.41) is 0. The molecule has 100 valence electrons. The average Bonchev–Trinajstić information content (AvgIpc) is 2.44. The first-order valence-electron chi connectivity index (χ1n) is 6.33.